The van der Waals surface area contributed by atoms with Crippen LogP contribution in [0.15, 0.2) is 24.5 Å². The molecule has 0 saturated heterocycles. The molecule has 2 N–H and O–H groups in total. The van der Waals surface area contributed by atoms with Gasteiger partial charge in [0.1, 0.15) is 11.5 Å². The van der Waals surface area contributed by atoms with Crippen molar-refractivity contribution in [1.29, 1.82) is 0 Å². The van der Waals surface area contributed by atoms with Gasteiger partial charge >= 0.3 is 0 Å². The molecule has 0 spiro atoms. The molecule has 0 aliphatic rings. The molecule has 0 unspecified atom stereocenters. The second-order valence-corrected chi connectivity index (χ2v) is 5.34. The molecule has 0 amide bonds. The number of fused-ring (bicyclic) bond motifs is 2. The van der Waals surface area contributed by atoms with Gasteiger partial charge in [-0.2, -0.15) is 0 Å². The third-order valence-electron chi connectivity index (χ3n) is 3.18. The highest BCUT2D eigenvalue weighted by molar-refractivity contribution is 7.19. The molecule has 0 saturated carbocycles. The first-order chi connectivity index (χ1) is 9.67. The van der Waals surface area contributed by atoms with Crippen molar-refractivity contribution in [1.82, 2.24) is 4.98 Å². The van der Waals surface area contributed by atoms with E-state index >= 15 is 0 Å². The van der Waals surface area contributed by atoms with Crippen LogP contribution >= 0.6 is 11.3 Å². The van der Waals surface area contributed by atoms with Gasteiger partial charge < -0.3 is 19.7 Å². The highest BCUT2D eigenvalue weighted by Crippen LogP contribution is 2.46. The highest BCUT2D eigenvalue weighted by atomic mass is 32.1. The zero-order valence-corrected chi connectivity index (χ0v) is 11.8. The Kier molecular flexibility index (Phi) is 3.21. The van der Waals surface area contributed by atoms with Crippen LogP contribution in [0.2, 0.25) is 0 Å². The maximum absolute atomic E-state index is 9.36. The zero-order valence-electron chi connectivity index (χ0n) is 11.0. The number of nitrogens with zero attached hydrogens (tertiary/aromatic N) is 1. The summed E-state index contributed by atoms with van der Waals surface area (Å²) in [5.41, 5.74) is 0. The topological polar surface area (TPSA) is 71.8 Å². The molecule has 0 fully saturated rings. The molecule has 0 aliphatic carbocycles. The molecule has 3 rings (SSSR count). The van der Waals surface area contributed by atoms with Crippen molar-refractivity contribution in [2.75, 3.05) is 14.2 Å². The summed E-state index contributed by atoms with van der Waals surface area (Å²) in [4.78, 5) is 4.56. The normalized spacial score (nSPS) is 11.4. The molecule has 6 heteroatoms. The fourth-order valence-corrected chi connectivity index (χ4v) is 3.40. The second-order valence-electron chi connectivity index (χ2n) is 4.25. The second kappa shape index (κ2) is 4.90. The average Bonchev–Trinajstić information content (AvgIpc) is 2.89. The third kappa shape index (κ3) is 1.81. The smallest absolute Gasteiger partial charge is 0.188 e. The summed E-state index contributed by atoms with van der Waals surface area (Å²) in [6, 6.07) is 3.56. The van der Waals surface area contributed by atoms with Gasteiger partial charge in [-0.25, -0.2) is 0 Å². The van der Waals surface area contributed by atoms with Gasteiger partial charge in [-0.15, -0.1) is 11.3 Å². The van der Waals surface area contributed by atoms with Crippen molar-refractivity contribution in [2.45, 2.75) is 6.29 Å². The molecule has 2 aromatic heterocycles. The van der Waals surface area contributed by atoms with E-state index < -0.39 is 6.29 Å². The van der Waals surface area contributed by atoms with Gasteiger partial charge in [0, 0.05) is 28.6 Å². The van der Waals surface area contributed by atoms with E-state index in [0.717, 1.165) is 20.9 Å². The maximum Gasteiger partial charge on any atom is 0.188 e. The van der Waals surface area contributed by atoms with E-state index in [-0.39, 0.29) is 0 Å². The summed E-state index contributed by atoms with van der Waals surface area (Å²) < 4.78 is 11.8. The Morgan fingerprint density at radius 1 is 1.10 bits per heavy atom. The molecule has 5 nitrogen and oxygen atoms in total. The Morgan fingerprint density at radius 2 is 1.85 bits per heavy atom. The Hall–Kier alpha value is -1.89. The lowest BCUT2D eigenvalue weighted by atomic mass is 10.1. The molecule has 0 radical (unpaired) electrons. The summed E-state index contributed by atoms with van der Waals surface area (Å²) in [5.74, 6) is 1.35. The van der Waals surface area contributed by atoms with Gasteiger partial charge in [0.15, 0.2) is 6.29 Å². The molecule has 0 aliphatic heterocycles. The fraction of sp³-hybridized carbons (Fsp3) is 0.214. The van der Waals surface area contributed by atoms with Crippen LogP contribution in [0.5, 0.6) is 11.5 Å². The monoisotopic (exact) mass is 291 g/mol. The first-order valence-electron chi connectivity index (χ1n) is 5.94. The standard InChI is InChI=1S/C14H13NO4S/c1-18-11-8-5-10(14(16)17)20-13(8)12(19-2)7-3-4-15-6-9(7)11/h3-6,14,16-17H,1-2H3. The maximum atomic E-state index is 9.36. The molecule has 0 bridgehead atoms. The Bertz CT molecular complexity index is 721. The van der Waals surface area contributed by atoms with Gasteiger partial charge in [0.05, 0.1) is 23.8 Å². The minimum atomic E-state index is -1.51. The molecule has 2 heterocycles. The van der Waals surface area contributed by atoms with E-state index in [1.165, 1.54) is 11.3 Å². The van der Waals surface area contributed by atoms with Crippen LogP contribution < -0.4 is 9.47 Å². The number of hydrogen-bond acceptors (Lipinski definition) is 6. The number of pyridine rings is 1. The quantitative estimate of drug-likeness (QED) is 0.725. The van der Waals surface area contributed by atoms with Crippen LogP contribution in [-0.4, -0.2) is 29.4 Å². The summed E-state index contributed by atoms with van der Waals surface area (Å²) >= 11 is 1.28. The van der Waals surface area contributed by atoms with Crippen LogP contribution in [0.1, 0.15) is 11.2 Å². The number of hydrogen-bond donors (Lipinski definition) is 2. The predicted molar refractivity (Wildman–Crippen MR) is 77.4 cm³/mol. The summed E-state index contributed by atoms with van der Waals surface area (Å²) in [6.07, 6.45) is 1.89. The number of methoxy groups -OCH3 is 2. The highest BCUT2D eigenvalue weighted by Gasteiger charge is 2.19. The van der Waals surface area contributed by atoms with Gasteiger partial charge in [0.25, 0.3) is 0 Å². The van der Waals surface area contributed by atoms with E-state index in [9.17, 15) is 10.2 Å². The van der Waals surface area contributed by atoms with Crippen molar-refractivity contribution in [3.05, 3.63) is 29.4 Å². The lowest BCUT2D eigenvalue weighted by Crippen LogP contribution is -1.91. The number of benzene rings is 1. The average molecular weight is 291 g/mol. The predicted octanol–water partition coefficient (Wildman–Crippen LogP) is 2.45. The van der Waals surface area contributed by atoms with Gasteiger partial charge in [-0.3, -0.25) is 4.98 Å². The lowest BCUT2D eigenvalue weighted by Gasteiger charge is -2.11. The SMILES string of the molecule is COc1c2cnccc2c(OC)c2sc(C(O)O)cc12. The van der Waals surface area contributed by atoms with E-state index in [4.69, 9.17) is 9.47 Å². The minimum Gasteiger partial charge on any atom is -0.495 e. The summed E-state index contributed by atoms with van der Waals surface area (Å²) in [5, 5.41) is 21.2. The van der Waals surface area contributed by atoms with E-state index in [1.54, 1.807) is 32.7 Å². The van der Waals surface area contributed by atoms with Crippen molar-refractivity contribution >= 4 is 32.2 Å². The van der Waals surface area contributed by atoms with Crippen molar-refractivity contribution in [3.8, 4) is 11.5 Å². The molecular formula is C14H13NO4S. The number of rotatable bonds is 3. The van der Waals surface area contributed by atoms with Crippen LogP contribution in [0, 0.1) is 0 Å². The Morgan fingerprint density at radius 3 is 2.50 bits per heavy atom. The van der Waals surface area contributed by atoms with Crippen molar-refractivity contribution in [2.24, 2.45) is 0 Å². The first-order valence-corrected chi connectivity index (χ1v) is 6.76. The molecule has 1 aromatic carbocycles. The summed E-state index contributed by atoms with van der Waals surface area (Å²) in [7, 11) is 3.18. The lowest BCUT2D eigenvalue weighted by molar-refractivity contribution is -0.0394. The van der Waals surface area contributed by atoms with E-state index in [2.05, 4.69) is 4.98 Å². The van der Waals surface area contributed by atoms with Crippen LogP contribution in [0.4, 0.5) is 0 Å². The number of aliphatic hydroxyl groups excluding tert-OH is 1. The number of aromatic nitrogens is 1. The largest absolute Gasteiger partial charge is 0.495 e. The summed E-state index contributed by atoms with van der Waals surface area (Å²) in [6.45, 7) is 0. The molecule has 3 aromatic rings. The van der Waals surface area contributed by atoms with Crippen LogP contribution in [-0.2, 0) is 0 Å². The van der Waals surface area contributed by atoms with E-state index in [1.807, 2.05) is 6.07 Å². The van der Waals surface area contributed by atoms with Gasteiger partial charge in [-0.1, -0.05) is 0 Å². The Balaban J connectivity index is 2.51. The van der Waals surface area contributed by atoms with Crippen molar-refractivity contribution in [3.63, 3.8) is 0 Å². The molecule has 104 valence electrons. The fourth-order valence-electron chi connectivity index (χ4n) is 2.34. The number of aliphatic hydroxyl groups is 2. The minimum absolute atomic E-state index is 0.444. The molecular weight excluding hydrogens is 278 g/mol. The van der Waals surface area contributed by atoms with Gasteiger partial charge in [0.2, 0.25) is 0 Å². The van der Waals surface area contributed by atoms with Crippen LogP contribution in [0.25, 0.3) is 20.9 Å². The molecule has 0 atom stereocenters. The zero-order chi connectivity index (χ0) is 14.3. The third-order valence-corrected chi connectivity index (χ3v) is 4.35. The first kappa shape index (κ1) is 13.1. The number of ether oxygens (including phenoxy) is 2. The number of thiophene rings is 1. The Labute approximate surface area is 119 Å². The van der Waals surface area contributed by atoms with Crippen LogP contribution in [0.3, 0.4) is 0 Å². The van der Waals surface area contributed by atoms with E-state index in [0.29, 0.717) is 16.4 Å². The molecule has 20 heavy (non-hydrogen) atoms. The van der Waals surface area contributed by atoms with Gasteiger partial charge in [-0.05, 0) is 12.1 Å². The van der Waals surface area contributed by atoms with Crippen molar-refractivity contribution < 1.29 is 19.7 Å².